The number of H-pyrrole nitrogens is 1. The fraction of sp³-hybridized carbons (Fsp3) is 0.211. The molecule has 0 radical (unpaired) electrons. The number of nitrogens with zero attached hydrogens (tertiary/aromatic N) is 2. The smallest absolute Gasteiger partial charge is 0.330 e. The van der Waals surface area contributed by atoms with E-state index in [2.05, 4.69) is 20.6 Å². The van der Waals surface area contributed by atoms with E-state index in [4.69, 9.17) is 5.73 Å². The highest BCUT2D eigenvalue weighted by molar-refractivity contribution is 5.96. The molecule has 4 rings (SSSR count). The number of hydrogen-bond donors (Lipinski definition) is 4. The molecule has 0 spiro atoms. The molecule has 2 aromatic heterocycles. The lowest BCUT2D eigenvalue weighted by molar-refractivity contribution is 0.0950. The zero-order chi connectivity index (χ0) is 20.5. The van der Waals surface area contributed by atoms with Crippen molar-refractivity contribution >= 4 is 28.7 Å². The zero-order valence-corrected chi connectivity index (χ0v) is 15.3. The maximum absolute atomic E-state index is 12.5. The summed E-state index contributed by atoms with van der Waals surface area (Å²) in [6.07, 6.45) is 3.08. The summed E-state index contributed by atoms with van der Waals surface area (Å²) in [7, 11) is 0. The van der Waals surface area contributed by atoms with Crippen LogP contribution in [-0.2, 0) is 6.54 Å². The Bertz CT molecular complexity index is 1220. The van der Waals surface area contributed by atoms with Crippen LogP contribution in [0.15, 0.2) is 46.1 Å². The number of carbonyl (C=O) groups is 2. The quantitative estimate of drug-likeness (QED) is 0.505. The SMILES string of the molecule is NC(=O)Nc1ccc(CNC(=O)c2cnc3c(c2)c(=O)[nH]c(=O)n3C2CC2)cc1. The average molecular weight is 394 g/mol. The van der Waals surface area contributed by atoms with E-state index >= 15 is 0 Å². The van der Waals surface area contributed by atoms with Crippen LogP contribution in [0.4, 0.5) is 10.5 Å². The van der Waals surface area contributed by atoms with Gasteiger partial charge in [0.2, 0.25) is 0 Å². The van der Waals surface area contributed by atoms with E-state index in [1.54, 1.807) is 24.3 Å². The van der Waals surface area contributed by atoms with Crippen LogP contribution in [-0.4, -0.2) is 26.5 Å². The molecule has 0 saturated heterocycles. The third kappa shape index (κ3) is 3.86. The van der Waals surface area contributed by atoms with Crippen molar-refractivity contribution in [1.29, 1.82) is 0 Å². The number of urea groups is 1. The number of hydrogen-bond acceptors (Lipinski definition) is 5. The first kappa shape index (κ1) is 18.4. The van der Waals surface area contributed by atoms with Crippen molar-refractivity contribution in [3.63, 3.8) is 0 Å². The zero-order valence-electron chi connectivity index (χ0n) is 15.3. The van der Waals surface area contributed by atoms with Crippen molar-refractivity contribution in [3.8, 4) is 0 Å². The Labute approximate surface area is 163 Å². The van der Waals surface area contributed by atoms with Crippen molar-refractivity contribution in [1.82, 2.24) is 19.9 Å². The van der Waals surface area contributed by atoms with Crippen LogP contribution in [0.25, 0.3) is 11.0 Å². The van der Waals surface area contributed by atoms with Crippen molar-refractivity contribution in [2.45, 2.75) is 25.4 Å². The minimum absolute atomic E-state index is 0.0426. The normalized spacial score (nSPS) is 13.2. The molecule has 1 saturated carbocycles. The molecule has 0 atom stereocenters. The Hall–Kier alpha value is -3.95. The number of nitrogens with one attached hydrogen (secondary N) is 3. The fourth-order valence-electron chi connectivity index (χ4n) is 3.07. The van der Waals surface area contributed by atoms with Crippen molar-refractivity contribution in [2.24, 2.45) is 5.73 Å². The van der Waals surface area contributed by atoms with Crippen molar-refractivity contribution in [2.75, 3.05) is 5.32 Å². The number of aromatic amines is 1. The van der Waals surface area contributed by atoms with Crippen LogP contribution in [0.1, 0.15) is 34.8 Å². The van der Waals surface area contributed by atoms with Crippen LogP contribution >= 0.6 is 0 Å². The molecule has 1 aromatic carbocycles. The van der Waals surface area contributed by atoms with Gasteiger partial charge in [-0.1, -0.05) is 12.1 Å². The van der Waals surface area contributed by atoms with Gasteiger partial charge in [0.05, 0.1) is 10.9 Å². The van der Waals surface area contributed by atoms with Crippen LogP contribution in [0, 0.1) is 0 Å². The van der Waals surface area contributed by atoms with Crippen molar-refractivity contribution in [3.05, 3.63) is 68.5 Å². The molecule has 1 fully saturated rings. The molecule has 0 bridgehead atoms. The predicted octanol–water partition coefficient (Wildman–Crippen LogP) is 0.840. The van der Waals surface area contributed by atoms with E-state index in [1.807, 2.05) is 0 Å². The fourth-order valence-corrected chi connectivity index (χ4v) is 3.07. The molecule has 5 N–H and O–H groups in total. The minimum atomic E-state index is -0.656. The number of rotatable bonds is 5. The van der Waals surface area contributed by atoms with E-state index in [0.717, 1.165) is 18.4 Å². The van der Waals surface area contributed by atoms with Crippen LogP contribution in [0.3, 0.4) is 0 Å². The molecule has 29 heavy (non-hydrogen) atoms. The molecule has 2 heterocycles. The molecular weight excluding hydrogens is 376 g/mol. The van der Waals surface area contributed by atoms with Gasteiger partial charge >= 0.3 is 11.7 Å². The second-order valence-corrected chi connectivity index (χ2v) is 6.82. The first-order valence-corrected chi connectivity index (χ1v) is 9.00. The molecule has 10 nitrogen and oxygen atoms in total. The van der Waals surface area contributed by atoms with Gasteiger partial charge in [-0.2, -0.15) is 0 Å². The number of nitrogens with two attached hydrogens (primary N) is 1. The third-order valence-electron chi connectivity index (χ3n) is 4.63. The molecule has 3 aromatic rings. The number of carbonyl (C=O) groups excluding carboxylic acids is 2. The van der Waals surface area contributed by atoms with Crippen LogP contribution in [0.2, 0.25) is 0 Å². The highest BCUT2D eigenvalue weighted by Crippen LogP contribution is 2.34. The number of aromatic nitrogens is 3. The topological polar surface area (TPSA) is 152 Å². The van der Waals surface area contributed by atoms with Gasteiger partial charge < -0.3 is 16.4 Å². The van der Waals surface area contributed by atoms with Gasteiger partial charge in [-0.3, -0.25) is 19.1 Å². The molecule has 0 unspecified atom stereocenters. The van der Waals surface area contributed by atoms with Gasteiger partial charge in [-0.05, 0) is 36.6 Å². The van der Waals surface area contributed by atoms with Gasteiger partial charge in [0, 0.05) is 24.5 Å². The second kappa shape index (κ2) is 7.23. The first-order valence-electron chi connectivity index (χ1n) is 9.00. The predicted molar refractivity (Wildman–Crippen MR) is 106 cm³/mol. The Balaban J connectivity index is 1.52. The summed E-state index contributed by atoms with van der Waals surface area (Å²) in [6.45, 7) is 0.242. The first-order chi connectivity index (χ1) is 13.9. The lowest BCUT2D eigenvalue weighted by Gasteiger charge is -2.09. The maximum atomic E-state index is 12.5. The molecule has 1 aliphatic carbocycles. The number of amides is 3. The van der Waals surface area contributed by atoms with Gasteiger partial charge in [0.15, 0.2) is 0 Å². The van der Waals surface area contributed by atoms with Gasteiger partial charge in [-0.15, -0.1) is 0 Å². The van der Waals surface area contributed by atoms with Gasteiger partial charge in [-0.25, -0.2) is 14.6 Å². The minimum Gasteiger partial charge on any atom is -0.351 e. The molecule has 3 amide bonds. The van der Waals surface area contributed by atoms with E-state index in [-0.39, 0.29) is 29.2 Å². The van der Waals surface area contributed by atoms with Crippen LogP contribution < -0.4 is 27.6 Å². The molecule has 10 heteroatoms. The average Bonchev–Trinajstić information content (AvgIpc) is 3.51. The monoisotopic (exact) mass is 394 g/mol. The van der Waals surface area contributed by atoms with E-state index < -0.39 is 23.2 Å². The lowest BCUT2D eigenvalue weighted by Crippen LogP contribution is -2.31. The van der Waals surface area contributed by atoms with E-state index in [0.29, 0.717) is 5.69 Å². The number of benzene rings is 1. The largest absolute Gasteiger partial charge is 0.351 e. The number of primary amides is 1. The molecule has 148 valence electrons. The Kier molecular flexibility index (Phi) is 4.59. The van der Waals surface area contributed by atoms with Crippen molar-refractivity contribution < 1.29 is 9.59 Å². The van der Waals surface area contributed by atoms with Gasteiger partial charge in [0.25, 0.3) is 11.5 Å². The summed E-state index contributed by atoms with van der Waals surface area (Å²) in [5.74, 6) is -0.401. The molecule has 0 aliphatic heterocycles. The standard InChI is InChI=1S/C19H18N6O4/c20-18(28)23-12-3-1-10(2-4-12)8-22-16(26)11-7-14-15(21-9-11)25(13-5-6-13)19(29)24-17(14)27/h1-4,7,9,13H,5-6,8H2,(H,22,26)(H3,20,23,28)(H,24,27,29). The molecule has 1 aliphatic rings. The summed E-state index contributed by atoms with van der Waals surface area (Å²) in [5, 5.41) is 5.40. The van der Waals surface area contributed by atoms with E-state index in [1.165, 1.54) is 16.8 Å². The van der Waals surface area contributed by atoms with E-state index in [9.17, 15) is 19.2 Å². The summed E-state index contributed by atoms with van der Waals surface area (Å²) >= 11 is 0. The highest BCUT2D eigenvalue weighted by Gasteiger charge is 2.27. The lowest BCUT2D eigenvalue weighted by atomic mass is 10.2. The number of pyridine rings is 1. The van der Waals surface area contributed by atoms with Gasteiger partial charge in [0.1, 0.15) is 5.65 Å². The second-order valence-electron chi connectivity index (χ2n) is 6.82. The highest BCUT2D eigenvalue weighted by atomic mass is 16.2. The Morgan fingerprint density at radius 2 is 1.93 bits per heavy atom. The van der Waals surface area contributed by atoms with Crippen LogP contribution in [0.5, 0.6) is 0 Å². The summed E-state index contributed by atoms with van der Waals surface area (Å²) < 4.78 is 1.47. The third-order valence-corrected chi connectivity index (χ3v) is 4.63. The number of anilines is 1. The Morgan fingerprint density at radius 1 is 1.21 bits per heavy atom. The maximum Gasteiger partial charge on any atom is 0.330 e. The summed E-state index contributed by atoms with van der Waals surface area (Å²) in [4.78, 5) is 54.0. The summed E-state index contributed by atoms with van der Waals surface area (Å²) in [5.41, 5.74) is 5.87. The Morgan fingerprint density at radius 3 is 2.59 bits per heavy atom. The number of fused-ring (bicyclic) bond motifs is 1. The molecular formula is C19H18N6O4. The summed E-state index contributed by atoms with van der Waals surface area (Å²) in [6, 6.07) is 7.64.